The highest BCUT2D eigenvalue weighted by Crippen LogP contribution is 2.26. The molecular formula is C15H22N2O. The third-order valence-electron chi connectivity index (χ3n) is 4.03. The first-order valence-corrected chi connectivity index (χ1v) is 6.60. The average Bonchev–Trinajstić information content (AvgIpc) is 2.66. The first kappa shape index (κ1) is 13.1. The number of para-hydroxylation sites is 2. The summed E-state index contributed by atoms with van der Waals surface area (Å²) in [5.74, 6) is 1.18. The highest BCUT2D eigenvalue weighted by atomic mass is 16.3. The second-order valence-electron chi connectivity index (χ2n) is 5.36. The Kier molecular flexibility index (Phi) is 3.44. The zero-order valence-electron chi connectivity index (χ0n) is 11.6. The molecule has 0 spiro atoms. The standard InChI is InChI=1S/C15H22N2O/c1-5-15(18,11(2)3)10-14-16-12-8-6-7-9-13(12)17(14)4/h6-9,11,18H,5,10H2,1-4H3. The number of aliphatic hydroxyl groups is 1. The Morgan fingerprint density at radius 1 is 1.33 bits per heavy atom. The van der Waals surface area contributed by atoms with Crippen molar-refractivity contribution < 1.29 is 5.11 Å². The van der Waals surface area contributed by atoms with Gasteiger partial charge in [0.15, 0.2) is 0 Å². The molecule has 0 bridgehead atoms. The normalized spacial score (nSPS) is 15.2. The van der Waals surface area contributed by atoms with Crippen molar-refractivity contribution in [2.45, 2.75) is 39.2 Å². The third-order valence-corrected chi connectivity index (χ3v) is 4.03. The van der Waals surface area contributed by atoms with Crippen LogP contribution >= 0.6 is 0 Å². The minimum Gasteiger partial charge on any atom is -0.389 e. The molecule has 3 nitrogen and oxygen atoms in total. The van der Waals surface area contributed by atoms with E-state index < -0.39 is 5.60 Å². The SMILES string of the molecule is CCC(O)(Cc1nc2ccccc2n1C)C(C)C. The highest BCUT2D eigenvalue weighted by Gasteiger charge is 2.31. The van der Waals surface area contributed by atoms with Crippen LogP contribution in [-0.4, -0.2) is 20.3 Å². The smallest absolute Gasteiger partial charge is 0.112 e. The van der Waals surface area contributed by atoms with Crippen LogP contribution in [0.2, 0.25) is 0 Å². The lowest BCUT2D eigenvalue weighted by molar-refractivity contribution is -0.0104. The van der Waals surface area contributed by atoms with E-state index in [0.717, 1.165) is 23.3 Å². The first-order chi connectivity index (χ1) is 8.48. The number of aryl methyl sites for hydroxylation is 1. The molecule has 2 aromatic rings. The van der Waals surface area contributed by atoms with E-state index >= 15 is 0 Å². The number of fused-ring (bicyclic) bond motifs is 1. The van der Waals surface area contributed by atoms with Crippen molar-refractivity contribution in [3.8, 4) is 0 Å². The molecule has 18 heavy (non-hydrogen) atoms. The van der Waals surface area contributed by atoms with Gasteiger partial charge >= 0.3 is 0 Å². The van der Waals surface area contributed by atoms with E-state index in [2.05, 4.69) is 29.5 Å². The van der Waals surface area contributed by atoms with Crippen LogP contribution in [0.3, 0.4) is 0 Å². The highest BCUT2D eigenvalue weighted by molar-refractivity contribution is 5.75. The Balaban J connectivity index is 2.40. The van der Waals surface area contributed by atoms with Crippen LogP contribution in [-0.2, 0) is 13.5 Å². The first-order valence-electron chi connectivity index (χ1n) is 6.60. The van der Waals surface area contributed by atoms with Gasteiger partial charge in [0.1, 0.15) is 5.82 Å². The summed E-state index contributed by atoms with van der Waals surface area (Å²) in [6.45, 7) is 6.15. The maximum atomic E-state index is 10.6. The summed E-state index contributed by atoms with van der Waals surface area (Å²) in [6, 6.07) is 8.08. The number of hydrogen-bond acceptors (Lipinski definition) is 2. The molecule has 0 aliphatic rings. The van der Waals surface area contributed by atoms with Gasteiger partial charge < -0.3 is 9.67 Å². The second kappa shape index (κ2) is 4.73. The Bertz CT molecular complexity index is 544. The lowest BCUT2D eigenvalue weighted by Crippen LogP contribution is -2.37. The molecule has 98 valence electrons. The Labute approximate surface area is 108 Å². The van der Waals surface area contributed by atoms with E-state index in [1.54, 1.807) is 0 Å². The van der Waals surface area contributed by atoms with Gasteiger partial charge in [-0.25, -0.2) is 4.98 Å². The average molecular weight is 246 g/mol. The molecule has 1 unspecified atom stereocenters. The molecule has 1 N–H and O–H groups in total. The van der Waals surface area contributed by atoms with Gasteiger partial charge in [0, 0.05) is 13.5 Å². The molecule has 0 saturated heterocycles. The largest absolute Gasteiger partial charge is 0.389 e. The number of rotatable bonds is 4. The van der Waals surface area contributed by atoms with E-state index in [1.165, 1.54) is 0 Å². The Morgan fingerprint density at radius 3 is 2.56 bits per heavy atom. The van der Waals surface area contributed by atoms with Crippen molar-refractivity contribution in [3.05, 3.63) is 30.1 Å². The van der Waals surface area contributed by atoms with Crippen molar-refractivity contribution in [1.82, 2.24) is 9.55 Å². The monoisotopic (exact) mass is 246 g/mol. The van der Waals surface area contributed by atoms with Gasteiger partial charge in [-0.15, -0.1) is 0 Å². The van der Waals surface area contributed by atoms with Crippen molar-refractivity contribution in [3.63, 3.8) is 0 Å². The number of aromatic nitrogens is 2. The Hall–Kier alpha value is -1.35. The molecular weight excluding hydrogens is 224 g/mol. The van der Waals surface area contributed by atoms with Gasteiger partial charge in [-0.2, -0.15) is 0 Å². The predicted octanol–water partition coefficient (Wildman–Crippen LogP) is 2.91. The molecule has 1 aromatic heterocycles. The van der Waals surface area contributed by atoms with Crippen LogP contribution in [0.4, 0.5) is 0 Å². The molecule has 1 aromatic carbocycles. The summed E-state index contributed by atoms with van der Waals surface area (Å²) >= 11 is 0. The molecule has 0 radical (unpaired) electrons. The van der Waals surface area contributed by atoms with Gasteiger partial charge in [0.05, 0.1) is 16.6 Å². The summed E-state index contributed by atoms with van der Waals surface area (Å²) < 4.78 is 2.08. The molecule has 1 heterocycles. The lowest BCUT2D eigenvalue weighted by Gasteiger charge is -2.30. The second-order valence-corrected chi connectivity index (χ2v) is 5.36. The molecule has 0 aliphatic carbocycles. The molecule has 3 heteroatoms. The van der Waals surface area contributed by atoms with Gasteiger partial charge in [-0.3, -0.25) is 0 Å². The van der Waals surface area contributed by atoms with Gasteiger partial charge in [0.25, 0.3) is 0 Å². The zero-order valence-corrected chi connectivity index (χ0v) is 11.6. The third kappa shape index (κ3) is 2.15. The molecule has 2 rings (SSSR count). The summed E-state index contributed by atoms with van der Waals surface area (Å²) in [4.78, 5) is 4.63. The van der Waals surface area contributed by atoms with Crippen LogP contribution in [0, 0.1) is 5.92 Å². The van der Waals surface area contributed by atoms with Gasteiger partial charge in [0.2, 0.25) is 0 Å². The molecule has 0 fully saturated rings. The maximum Gasteiger partial charge on any atom is 0.112 e. The minimum absolute atomic E-state index is 0.224. The number of imidazole rings is 1. The molecule has 0 saturated carbocycles. The van der Waals surface area contributed by atoms with Crippen LogP contribution < -0.4 is 0 Å². The van der Waals surface area contributed by atoms with Crippen LogP contribution in [0.1, 0.15) is 33.0 Å². The fourth-order valence-corrected chi connectivity index (χ4v) is 2.36. The summed E-state index contributed by atoms with van der Waals surface area (Å²) in [5.41, 5.74) is 1.45. The van der Waals surface area contributed by atoms with E-state index in [0.29, 0.717) is 6.42 Å². The van der Waals surface area contributed by atoms with Crippen LogP contribution in [0.5, 0.6) is 0 Å². The van der Waals surface area contributed by atoms with E-state index in [1.807, 2.05) is 32.2 Å². The fourth-order valence-electron chi connectivity index (χ4n) is 2.36. The van der Waals surface area contributed by atoms with E-state index in [4.69, 9.17) is 0 Å². The topological polar surface area (TPSA) is 38.1 Å². The van der Waals surface area contributed by atoms with Crippen LogP contribution in [0.15, 0.2) is 24.3 Å². The molecule has 0 aliphatic heterocycles. The number of nitrogens with zero attached hydrogens (tertiary/aromatic N) is 2. The van der Waals surface area contributed by atoms with Crippen molar-refractivity contribution in [1.29, 1.82) is 0 Å². The Morgan fingerprint density at radius 2 is 2.00 bits per heavy atom. The molecule has 0 amide bonds. The molecule has 1 atom stereocenters. The van der Waals surface area contributed by atoms with Gasteiger partial charge in [-0.05, 0) is 24.5 Å². The van der Waals surface area contributed by atoms with Gasteiger partial charge in [-0.1, -0.05) is 32.9 Å². The van der Waals surface area contributed by atoms with Crippen molar-refractivity contribution in [2.24, 2.45) is 13.0 Å². The fraction of sp³-hybridized carbons (Fsp3) is 0.533. The number of benzene rings is 1. The van der Waals surface area contributed by atoms with E-state index in [-0.39, 0.29) is 5.92 Å². The summed E-state index contributed by atoms with van der Waals surface area (Å²) in [5, 5.41) is 10.6. The minimum atomic E-state index is -0.671. The zero-order chi connectivity index (χ0) is 13.3. The predicted molar refractivity (Wildman–Crippen MR) is 74.5 cm³/mol. The number of hydrogen-bond donors (Lipinski definition) is 1. The lowest BCUT2D eigenvalue weighted by atomic mass is 9.84. The van der Waals surface area contributed by atoms with Crippen molar-refractivity contribution in [2.75, 3.05) is 0 Å². The van der Waals surface area contributed by atoms with Crippen LogP contribution in [0.25, 0.3) is 11.0 Å². The van der Waals surface area contributed by atoms with Crippen molar-refractivity contribution >= 4 is 11.0 Å². The quantitative estimate of drug-likeness (QED) is 0.900. The summed E-state index contributed by atoms with van der Waals surface area (Å²) in [6.07, 6.45) is 1.35. The maximum absolute atomic E-state index is 10.6. The van der Waals surface area contributed by atoms with E-state index in [9.17, 15) is 5.11 Å². The summed E-state index contributed by atoms with van der Waals surface area (Å²) in [7, 11) is 2.01.